The lowest BCUT2D eigenvalue weighted by molar-refractivity contribution is 0.372. The van der Waals surface area contributed by atoms with E-state index in [4.69, 9.17) is 20.0 Å². The van der Waals surface area contributed by atoms with Crippen LogP contribution in [0.2, 0.25) is 0 Å². The van der Waals surface area contributed by atoms with Crippen molar-refractivity contribution >= 4 is 11.5 Å². The van der Waals surface area contributed by atoms with Crippen LogP contribution in [-0.4, -0.2) is 55.3 Å². The quantitative estimate of drug-likeness (QED) is 0.817. The highest BCUT2D eigenvalue weighted by Crippen LogP contribution is 2.36. The highest BCUT2D eigenvalue weighted by atomic mass is 16.5. The molecule has 2 aliphatic heterocycles. The summed E-state index contributed by atoms with van der Waals surface area (Å²) in [6.45, 7) is 3.65. The van der Waals surface area contributed by atoms with Gasteiger partial charge in [-0.15, -0.1) is 0 Å². The minimum atomic E-state index is 0.177. The standard InChI is InChI=1S/C24H30N6O/c1-31-24-27-21-15-19(30-13-4-6-17-5-2-3-7-22(17)30)8-9-20(21)23(28-24)29-14-12-26-18(16-29)10-11-25/h2-3,5,7,18-19,26H,4,6,8-10,12-16H2,1H3. The predicted molar refractivity (Wildman–Crippen MR) is 121 cm³/mol. The van der Waals surface area contributed by atoms with Crippen LogP contribution in [0.5, 0.6) is 6.01 Å². The van der Waals surface area contributed by atoms with Gasteiger partial charge in [0.2, 0.25) is 0 Å². The number of aromatic nitrogens is 2. The van der Waals surface area contributed by atoms with Gasteiger partial charge in [-0.25, -0.2) is 0 Å². The summed E-state index contributed by atoms with van der Waals surface area (Å²) in [4.78, 5) is 14.5. The molecule has 1 N–H and O–H groups in total. The number of nitriles is 1. The fourth-order valence-corrected chi connectivity index (χ4v) is 5.38. The van der Waals surface area contributed by atoms with E-state index in [9.17, 15) is 0 Å². The molecule has 162 valence electrons. The number of hydrogen-bond donors (Lipinski definition) is 1. The molecule has 2 aromatic rings. The van der Waals surface area contributed by atoms with Gasteiger partial charge in [-0.1, -0.05) is 18.2 Å². The first-order chi connectivity index (χ1) is 15.3. The van der Waals surface area contributed by atoms with E-state index >= 15 is 0 Å². The van der Waals surface area contributed by atoms with Gasteiger partial charge in [0.15, 0.2) is 0 Å². The average Bonchev–Trinajstić information content (AvgIpc) is 2.83. The topological polar surface area (TPSA) is 77.3 Å². The Morgan fingerprint density at radius 1 is 1.23 bits per heavy atom. The molecule has 5 rings (SSSR count). The second-order valence-corrected chi connectivity index (χ2v) is 8.74. The molecule has 2 unspecified atom stereocenters. The Kier molecular flexibility index (Phi) is 5.65. The molecule has 3 heterocycles. The van der Waals surface area contributed by atoms with Crippen LogP contribution in [0.3, 0.4) is 0 Å². The summed E-state index contributed by atoms with van der Waals surface area (Å²) in [6, 6.07) is 12.2. The average molecular weight is 419 g/mol. The first kappa shape index (κ1) is 20.1. The third-order valence-electron chi connectivity index (χ3n) is 6.87. The summed E-state index contributed by atoms with van der Waals surface area (Å²) in [5, 5.41) is 12.6. The normalized spacial score (nSPS) is 23.0. The molecule has 1 saturated heterocycles. The van der Waals surface area contributed by atoms with E-state index in [0.717, 1.165) is 57.0 Å². The molecule has 1 aromatic carbocycles. The maximum absolute atomic E-state index is 9.11. The van der Waals surface area contributed by atoms with Gasteiger partial charge in [0.1, 0.15) is 5.82 Å². The zero-order valence-electron chi connectivity index (χ0n) is 18.2. The highest BCUT2D eigenvalue weighted by molar-refractivity contribution is 5.58. The molecule has 0 saturated carbocycles. The molecule has 7 heteroatoms. The van der Waals surface area contributed by atoms with Crippen LogP contribution >= 0.6 is 0 Å². The fraction of sp³-hybridized carbons (Fsp3) is 0.542. The number of methoxy groups -OCH3 is 1. The van der Waals surface area contributed by atoms with E-state index in [1.54, 1.807) is 7.11 Å². The van der Waals surface area contributed by atoms with Gasteiger partial charge in [-0.2, -0.15) is 15.2 Å². The van der Waals surface area contributed by atoms with Crippen molar-refractivity contribution in [2.24, 2.45) is 0 Å². The number of ether oxygens (including phenoxy) is 1. The lowest BCUT2D eigenvalue weighted by atomic mass is 9.88. The maximum atomic E-state index is 9.11. The number of hydrogen-bond acceptors (Lipinski definition) is 7. The summed E-state index contributed by atoms with van der Waals surface area (Å²) >= 11 is 0. The third-order valence-corrected chi connectivity index (χ3v) is 6.87. The molecule has 1 aliphatic carbocycles. The van der Waals surface area contributed by atoms with Gasteiger partial charge in [-0.05, 0) is 37.3 Å². The van der Waals surface area contributed by atoms with Crippen LogP contribution in [0.1, 0.15) is 36.1 Å². The zero-order valence-corrected chi connectivity index (χ0v) is 18.2. The molecule has 0 bridgehead atoms. The Labute approximate surface area is 184 Å². The second-order valence-electron chi connectivity index (χ2n) is 8.74. The molecule has 0 spiro atoms. The Balaban J connectivity index is 1.43. The summed E-state index contributed by atoms with van der Waals surface area (Å²) in [5.74, 6) is 1.00. The van der Waals surface area contributed by atoms with Crippen molar-refractivity contribution in [1.82, 2.24) is 15.3 Å². The smallest absolute Gasteiger partial charge is 0.318 e. The first-order valence-corrected chi connectivity index (χ1v) is 11.4. The molecular formula is C24H30N6O. The molecular weight excluding hydrogens is 388 g/mol. The van der Waals surface area contributed by atoms with Crippen LogP contribution in [-0.2, 0) is 19.3 Å². The molecule has 2 atom stereocenters. The Hall–Kier alpha value is -2.85. The molecule has 31 heavy (non-hydrogen) atoms. The lowest BCUT2D eigenvalue weighted by Crippen LogP contribution is -2.51. The number of benzene rings is 1. The molecule has 1 aromatic heterocycles. The Bertz CT molecular complexity index is 987. The van der Waals surface area contributed by atoms with E-state index in [1.807, 2.05) is 0 Å². The van der Waals surface area contributed by atoms with Gasteiger partial charge in [0.25, 0.3) is 0 Å². The summed E-state index contributed by atoms with van der Waals surface area (Å²) in [6.07, 6.45) is 5.89. The maximum Gasteiger partial charge on any atom is 0.318 e. The number of anilines is 2. The van der Waals surface area contributed by atoms with Crippen molar-refractivity contribution in [2.75, 3.05) is 43.1 Å². The van der Waals surface area contributed by atoms with Crippen molar-refractivity contribution < 1.29 is 4.74 Å². The van der Waals surface area contributed by atoms with E-state index in [1.165, 1.54) is 29.7 Å². The van der Waals surface area contributed by atoms with Crippen LogP contribution in [0.15, 0.2) is 24.3 Å². The van der Waals surface area contributed by atoms with E-state index in [2.05, 4.69) is 45.5 Å². The van der Waals surface area contributed by atoms with Crippen LogP contribution in [0, 0.1) is 11.3 Å². The zero-order chi connectivity index (χ0) is 21.2. The van der Waals surface area contributed by atoms with Crippen molar-refractivity contribution in [3.63, 3.8) is 0 Å². The number of nitrogens with one attached hydrogen (secondary N) is 1. The number of aryl methyl sites for hydroxylation is 1. The van der Waals surface area contributed by atoms with Gasteiger partial charge in [-0.3, -0.25) is 0 Å². The second kappa shape index (κ2) is 8.72. The number of para-hydroxylation sites is 1. The number of piperazine rings is 1. The number of fused-ring (bicyclic) bond motifs is 2. The minimum absolute atomic E-state index is 0.177. The third kappa shape index (κ3) is 3.92. The summed E-state index contributed by atoms with van der Waals surface area (Å²) in [5.41, 5.74) is 5.24. The van der Waals surface area contributed by atoms with Crippen LogP contribution in [0.25, 0.3) is 0 Å². The van der Waals surface area contributed by atoms with E-state index in [-0.39, 0.29) is 6.04 Å². The predicted octanol–water partition coefficient (Wildman–Crippen LogP) is 2.49. The summed E-state index contributed by atoms with van der Waals surface area (Å²) < 4.78 is 5.49. The highest BCUT2D eigenvalue weighted by Gasteiger charge is 2.32. The largest absolute Gasteiger partial charge is 0.467 e. The van der Waals surface area contributed by atoms with Crippen molar-refractivity contribution in [1.29, 1.82) is 5.26 Å². The van der Waals surface area contributed by atoms with Crippen molar-refractivity contribution in [2.45, 2.75) is 50.6 Å². The minimum Gasteiger partial charge on any atom is -0.467 e. The molecule has 7 nitrogen and oxygen atoms in total. The van der Waals surface area contributed by atoms with Gasteiger partial charge in [0.05, 0.1) is 25.3 Å². The monoisotopic (exact) mass is 418 g/mol. The molecule has 1 fully saturated rings. The van der Waals surface area contributed by atoms with Crippen molar-refractivity contribution in [3.05, 3.63) is 41.1 Å². The Morgan fingerprint density at radius 2 is 2.13 bits per heavy atom. The number of rotatable bonds is 4. The van der Waals surface area contributed by atoms with Crippen LogP contribution < -0.4 is 19.9 Å². The van der Waals surface area contributed by atoms with Gasteiger partial charge in [0, 0.05) is 55.9 Å². The molecule has 0 amide bonds. The molecule has 0 radical (unpaired) electrons. The van der Waals surface area contributed by atoms with Gasteiger partial charge < -0.3 is 19.9 Å². The Morgan fingerprint density at radius 3 is 3.00 bits per heavy atom. The number of nitrogens with zero attached hydrogens (tertiary/aromatic N) is 5. The summed E-state index contributed by atoms with van der Waals surface area (Å²) in [7, 11) is 1.64. The van der Waals surface area contributed by atoms with E-state index in [0.29, 0.717) is 18.5 Å². The van der Waals surface area contributed by atoms with E-state index < -0.39 is 0 Å². The molecule has 3 aliphatic rings. The fourth-order valence-electron chi connectivity index (χ4n) is 5.38. The lowest BCUT2D eigenvalue weighted by Gasteiger charge is -2.41. The SMILES string of the molecule is COc1nc2c(c(N3CCNC(CC#N)C3)n1)CCC(N1CCCc3ccccc31)C2. The van der Waals surface area contributed by atoms with Gasteiger partial charge >= 0.3 is 6.01 Å². The first-order valence-electron chi connectivity index (χ1n) is 11.4. The van der Waals surface area contributed by atoms with Crippen molar-refractivity contribution in [3.8, 4) is 12.1 Å². The van der Waals surface area contributed by atoms with Crippen LogP contribution in [0.4, 0.5) is 11.5 Å².